The molecule has 7 rings (SSSR count). The number of carbonyl (C=O) groups is 2. The number of rotatable bonds is 8. The van der Waals surface area contributed by atoms with Crippen LogP contribution in [0.3, 0.4) is 0 Å². The van der Waals surface area contributed by atoms with Crippen LogP contribution >= 0.6 is 0 Å². The number of amides is 2. The van der Waals surface area contributed by atoms with Gasteiger partial charge in [-0.25, -0.2) is 4.52 Å². The number of fused-ring (bicyclic) bond motifs is 1. The van der Waals surface area contributed by atoms with Crippen molar-refractivity contribution in [1.29, 1.82) is 0 Å². The van der Waals surface area contributed by atoms with Crippen LogP contribution in [0.15, 0.2) is 60.8 Å². The first-order chi connectivity index (χ1) is 19.5. The minimum atomic E-state index is -0.0357. The van der Waals surface area contributed by atoms with Gasteiger partial charge in [-0.15, -0.1) is 5.10 Å². The summed E-state index contributed by atoms with van der Waals surface area (Å²) in [5.74, 6) is 1.55. The smallest absolute Gasteiger partial charge is 0.254 e. The fourth-order valence-electron chi connectivity index (χ4n) is 5.29. The van der Waals surface area contributed by atoms with Gasteiger partial charge in [-0.05, 0) is 66.8 Å². The molecule has 2 aromatic carbocycles. The third-order valence-electron chi connectivity index (χ3n) is 7.91. The number of anilines is 2. The molecule has 2 aliphatic heterocycles. The Labute approximate surface area is 231 Å². The fraction of sp³-hybridized carbons (Fsp3) is 0.333. The highest BCUT2D eigenvalue weighted by molar-refractivity contribution is 5.96. The molecule has 3 aliphatic rings. The van der Waals surface area contributed by atoms with Gasteiger partial charge in [0.1, 0.15) is 5.75 Å². The Bertz CT molecular complexity index is 1600. The summed E-state index contributed by atoms with van der Waals surface area (Å²) in [4.78, 5) is 31.7. The lowest BCUT2D eigenvalue weighted by Gasteiger charge is -2.54. The summed E-state index contributed by atoms with van der Waals surface area (Å²) in [5.41, 5.74) is 4.68. The van der Waals surface area contributed by atoms with Gasteiger partial charge in [0.15, 0.2) is 5.65 Å². The van der Waals surface area contributed by atoms with E-state index in [0.717, 1.165) is 44.0 Å². The van der Waals surface area contributed by atoms with E-state index in [2.05, 4.69) is 20.7 Å². The number of methoxy groups -OCH3 is 1. The average molecular weight is 539 g/mol. The quantitative estimate of drug-likeness (QED) is 0.352. The molecule has 40 heavy (non-hydrogen) atoms. The van der Waals surface area contributed by atoms with E-state index in [1.54, 1.807) is 23.8 Å². The number of carbonyl (C=O) groups excluding carboxylic acids is 2. The summed E-state index contributed by atoms with van der Waals surface area (Å²) in [6.07, 6.45) is 4.32. The number of pyridine rings is 1. The maximum Gasteiger partial charge on any atom is 0.254 e. The van der Waals surface area contributed by atoms with Gasteiger partial charge >= 0.3 is 0 Å². The normalized spacial score (nSPS) is 17.3. The molecular weight excluding hydrogens is 508 g/mol. The fourth-order valence-corrected chi connectivity index (χ4v) is 5.29. The minimum absolute atomic E-state index is 0.00678. The van der Waals surface area contributed by atoms with E-state index in [4.69, 9.17) is 9.47 Å². The predicted octanol–water partition coefficient (Wildman–Crippen LogP) is 3.76. The number of nitrogens with zero attached hydrogens (tertiary/aromatic N) is 4. The second-order valence-corrected chi connectivity index (χ2v) is 11.1. The van der Waals surface area contributed by atoms with Crippen molar-refractivity contribution in [3.05, 3.63) is 71.9 Å². The van der Waals surface area contributed by atoms with E-state index >= 15 is 0 Å². The molecule has 10 nitrogen and oxygen atoms in total. The van der Waals surface area contributed by atoms with Gasteiger partial charge in [0.05, 0.1) is 31.4 Å². The number of nitrogens with one attached hydrogen (secondary N) is 2. The van der Waals surface area contributed by atoms with Crippen LogP contribution in [-0.4, -0.2) is 71.3 Å². The Morgan fingerprint density at radius 3 is 2.48 bits per heavy atom. The maximum absolute atomic E-state index is 12.9. The number of hydrogen-bond acceptors (Lipinski definition) is 7. The Kier molecular flexibility index (Phi) is 5.92. The number of benzene rings is 2. The predicted molar refractivity (Wildman–Crippen MR) is 149 cm³/mol. The molecule has 0 unspecified atom stereocenters. The third-order valence-corrected chi connectivity index (χ3v) is 7.91. The molecular formula is C30H30N6O4. The van der Waals surface area contributed by atoms with Crippen LogP contribution in [0, 0.1) is 11.3 Å². The largest absolute Gasteiger partial charge is 0.495 e. The Hall–Kier alpha value is -4.44. The van der Waals surface area contributed by atoms with E-state index in [1.807, 2.05) is 53.6 Å². The summed E-state index contributed by atoms with van der Waals surface area (Å²) in [7, 11) is 1.57. The van der Waals surface area contributed by atoms with E-state index in [9.17, 15) is 9.59 Å². The lowest BCUT2D eigenvalue weighted by atomic mass is 9.78. The van der Waals surface area contributed by atoms with Gasteiger partial charge in [0.2, 0.25) is 5.95 Å². The van der Waals surface area contributed by atoms with Crippen LogP contribution < -0.4 is 15.4 Å². The first kappa shape index (κ1) is 24.6. The van der Waals surface area contributed by atoms with E-state index in [1.165, 1.54) is 12.8 Å². The van der Waals surface area contributed by atoms with Crippen molar-refractivity contribution in [2.45, 2.75) is 12.8 Å². The molecule has 1 spiro atoms. The highest BCUT2D eigenvalue weighted by Gasteiger charge is 2.50. The summed E-state index contributed by atoms with van der Waals surface area (Å²) in [6, 6.07) is 16.8. The van der Waals surface area contributed by atoms with Crippen molar-refractivity contribution in [1.82, 2.24) is 24.8 Å². The number of aromatic nitrogens is 3. The average Bonchev–Trinajstić information content (AvgIpc) is 3.67. The third kappa shape index (κ3) is 4.64. The molecule has 2 N–H and O–H groups in total. The maximum atomic E-state index is 12.9. The second-order valence-electron chi connectivity index (χ2n) is 11.1. The van der Waals surface area contributed by atoms with Crippen LogP contribution in [0.1, 0.15) is 33.6 Å². The molecule has 0 bridgehead atoms. The highest BCUT2D eigenvalue weighted by atomic mass is 16.5. The first-order valence-corrected chi connectivity index (χ1v) is 13.6. The van der Waals surface area contributed by atoms with Gasteiger partial charge < -0.3 is 25.0 Å². The van der Waals surface area contributed by atoms with Crippen molar-refractivity contribution in [3.8, 4) is 16.9 Å². The molecule has 2 saturated heterocycles. The van der Waals surface area contributed by atoms with Gasteiger partial charge in [-0.1, -0.05) is 12.1 Å². The van der Waals surface area contributed by atoms with E-state index < -0.39 is 0 Å². The summed E-state index contributed by atoms with van der Waals surface area (Å²) < 4.78 is 12.6. The van der Waals surface area contributed by atoms with Gasteiger partial charge in [-0.2, -0.15) is 4.98 Å². The standard InChI is InChI=1S/C30H30N6O4/c1-39-25-12-22(28(38)35-15-30(16-35)17-40-18-30)8-10-24(25)32-29-33-26-11-9-23(14-36(26)34-29)20-4-6-21(7-5-20)27(37)31-13-19-2-3-19/h4-12,14,19H,2-3,13,15-18H2,1H3,(H,31,37)(H,32,34). The van der Waals surface area contributed by atoms with E-state index in [0.29, 0.717) is 40.1 Å². The molecule has 2 amide bonds. The first-order valence-electron chi connectivity index (χ1n) is 13.6. The number of hydrogen-bond donors (Lipinski definition) is 2. The Balaban J connectivity index is 1.04. The van der Waals surface area contributed by atoms with Crippen molar-refractivity contribution in [2.24, 2.45) is 11.3 Å². The molecule has 1 aliphatic carbocycles. The molecule has 4 heterocycles. The molecule has 4 aromatic rings. The SMILES string of the molecule is COc1cc(C(=O)N2CC3(COC3)C2)ccc1Nc1nc2ccc(-c3ccc(C(=O)NCC4CC4)cc3)cn2n1. The Morgan fingerprint density at radius 2 is 1.77 bits per heavy atom. The number of likely N-dealkylation sites (tertiary alicyclic amines) is 1. The van der Waals surface area contributed by atoms with Crippen molar-refractivity contribution in [2.75, 3.05) is 45.3 Å². The van der Waals surface area contributed by atoms with Crippen molar-refractivity contribution in [3.63, 3.8) is 0 Å². The topological polar surface area (TPSA) is 110 Å². The second kappa shape index (κ2) is 9.63. The van der Waals surface area contributed by atoms with Crippen molar-refractivity contribution >= 4 is 29.1 Å². The van der Waals surface area contributed by atoms with Crippen LogP contribution in [0.25, 0.3) is 16.8 Å². The van der Waals surface area contributed by atoms with Crippen LogP contribution in [0.2, 0.25) is 0 Å². The molecule has 2 aromatic heterocycles. The lowest BCUT2D eigenvalue weighted by Crippen LogP contribution is -2.67. The van der Waals surface area contributed by atoms with Crippen LogP contribution in [0.5, 0.6) is 5.75 Å². The molecule has 204 valence electrons. The highest BCUT2D eigenvalue weighted by Crippen LogP contribution is 2.39. The molecule has 1 saturated carbocycles. The van der Waals surface area contributed by atoms with Crippen LogP contribution in [-0.2, 0) is 4.74 Å². The zero-order valence-corrected chi connectivity index (χ0v) is 22.2. The summed E-state index contributed by atoms with van der Waals surface area (Å²) in [5, 5.41) is 10.8. The van der Waals surface area contributed by atoms with Gasteiger partial charge in [-0.3, -0.25) is 9.59 Å². The molecule has 0 radical (unpaired) electrons. The molecule has 10 heteroatoms. The van der Waals surface area contributed by atoms with Crippen LogP contribution in [0.4, 0.5) is 11.6 Å². The monoisotopic (exact) mass is 538 g/mol. The Morgan fingerprint density at radius 1 is 1.02 bits per heavy atom. The van der Waals surface area contributed by atoms with Gasteiger partial charge in [0, 0.05) is 42.5 Å². The minimum Gasteiger partial charge on any atom is -0.495 e. The van der Waals surface area contributed by atoms with Gasteiger partial charge in [0.25, 0.3) is 11.8 Å². The summed E-state index contributed by atoms with van der Waals surface area (Å²) >= 11 is 0. The zero-order chi connectivity index (χ0) is 27.3. The molecule has 0 atom stereocenters. The lowest BCUT2D eigenvalue weighted by molar-refractivity contribution is -0.176. The van der Waals surface area contributed by atoms with Crippen molar-refractivity contribution < 1.29 is 19.1 Å². The molecule has 3 fully saturated rings. The summed E-state index contributed by atoms with van der Waals surface area (Å²) in [6.45, 7) is 3.70. The van der Waals surface area contributed by atoms with E-state index in [-0.39, 0.29) is 17.2 Å². The zero-order valence-electron chi connectivity index (χ0n) is 22.2. The number of ether oxygens (including phenoxy) is 2.